The monoisotopic (exact) mass is 374 g/mol. The molecule has 0 atom stereocenters. The summed E-state index contributed by atoms with van der Waals surface area (Å²) < 4.78 is 31.4. The molecular weight excluding hydrogens is 340 g/mol. The molecule has 0 aromatic carbocycles. The van der Waals surface area contributed by atoms with Gasteiger partial charge in [0.15, 0.2) is 5.96 Å². The Bertz CT molecular complexity index is 538. The molecule has 0 radical (unpaired) electrons. The largest absolute Gasteiger partial charge is 0.379 e. The van der Waals surface area contributed by atoms with Crippen molar-refractivity contribution in [3.63, 3.8) is 0 Å². The van der Waals surface area contributed by atoms with Gasteiger partial charge in [-0.3, -0.25) is 4.99 Å². The van der Waals surface area contributed by atoms with Gasteiger partial charge in [-0.1, -0.05) is 20.3 Å². The summed E-state index contributed by atoms with van der Waals surface area (Å²) in [5.41, 5.74) is 0.381. The summed E-state index contributed by atoms with van der Waals surface area (Å²) in [7, 11) is -1.51. The third-order valence-corrected chi connectivity index (χ3v) is 7.00. The summed E-state index contributed by atoms with van der Waals surface area (Å²) in [6, 6.07) is 0. The predicted octanol–water partition coefficient (Wildman–Crippen LogP) is 1.03. The van der Waals surface area contributed by atoms with E-state index in [1.54, 1.807) is 7.05 Å². The summed E-state index contributed by atoms with van der Waals surface area (Å²) in [4.78, 5) is 4.23. The first-order chi connectivity index (χ1) is 11.9. The van der Waals surface area contributed by atoms with Crippen LogP contribution in [0.15, 0.2) is 4.99 Å². The van der Waals surface area contributed by atoms with E-state index in [0.717, 1.165) is 6.54 Å². The zero-order valence-corrected chi connectivity index (χ0v) is 16.7. The van der Waals surface area contributed by atoms with Gasteiger partial charge in [-0.2, -0.15) is 4.31 Å². The van der Waals surface area contributed by atoms with Crippen molar-refractivity contribution in [3.05, 3.63) is 0 Å². The molecule has 0 bridgehead atoms. The smallest absolute Gasteiger partial charge is 0.215 e. The molecule has 146 valence electrons. The highest BCUT2D eigenvalue weighted by Crippen LogP contribution is 2.45. The second-order valence-electron chi connectivity index (χ2n) is 7.63. The van der Waals surface area contributed by atoms with Crippen LogP contribution >= 0.6 is 0 Å². The maximum atomic E-state index is 12.3. The first-order valence-electron chi connectivity index (χ1n) is 9.37. The Hall–Kier alpha value is -0.860. The van der Waals surface area contributed by atoms with Crippen molar-refractivity contribution in [2.75, 3.05) is 52.2 Å². The molecule has 1 aliphatic heterocycles. The van der Waals surface area contributed by atoms with Crippen molar-refractivity contribution in [2.24, 2.45) is 16.3 Å². The molecule has 2 N–H and O–H groups in total. The number of nitrogens with one attached hydrogen (secondary N) is 2. The van der Waals surface area contributed by atoms with Crippen molar-refractivity contribution < 1.29 is 13.2 Å². The molecule has 0 unspecified atom stereocenters. The molecule has 1 saturated heterocycles. The van der Waals surface area contributed by atoms with Crippen molar-refractivity contribution in [1.29, 1.82) is 0 Å². The number of aliphatic imine (C=N–C) groups is 1. The molecule has 2 aliphatic rings. The maximum Gasteiger partial charge on any atom is 0.215 e. The Balaban J connectivity index is 1.74. The number of hydrogen-bond donors (Lipinski definition) is 2. The minimum atomic E-state index is -3.23. The van der Waals surface area contributed by atoms with E-state index in [0.29, 0.717) is 50.1 Å². The van der Waals surface area contributed by atoms with Gasteiger partial charge < -0.3 is 15.4 Å². The van der Waals surface area contributed by atoms with Gasteiger partial charge in [0, 0.05) is 33.2 Å². The standard InChI is InChI=1S/C17H34N4O3S/c1-15(2)13-17(5-4-6-17)14-20-16(18-3)19-7-12-25(22,23)21-8-10-24-11-9-21/h15H,4-14H2,1-3H3,(H2,18,19,20). The molecule has 0 aromatic heterocycles. The van der Waals surface area contributed by atoms with Gasteiger partial charge in [-0.25, -0.2) is 8.42 Å². The van der Waals surface area contributed by atoms with Gasteiger partial charge in [0.05, 0.1) is 19.0 Å². The third kappa shape index (κ3) is 6.11. The molecular formula is C17H34N4O3S. The van der Waals surface area contributed by atoms with E-state index < -0.39 is 10.0 Å². The highest BCUT2D eigenvalue weighted by atomic mass is 32.2. The average molecular weight is 375 g/mol. The van der Waals surface area contributed by atoms with Crippen molar-refractivity contribution in [1.82, 2.24) is 14.9 Å². The minimum Gasteiger partial charge on any atom is -0.379 e. The van der Waals surface area contributed by atoms with Crippen LogP contribution in [0.4, 0.5) is 0 Å². The molecule has 25 heavy (non-hydrogen) atoms. The topological polar surface area (TPSA) is 83.0 Å². The van der Waals surface area contributed by atoms with Gasteiger partial charge >= 0.3 is 0 Å². The van der Waals surface area contributed by atoms with Gasteiger partial charge in [-0.15, -0.1) is 0 Å². The summed E-state index contributed by atoms with van der Waals surface area (Å²) >= 11 is 0. The molecule has 2 rings (SSSR count). The molecule has 7 nitrogen and oxygen atoms in total. The Morgan fingerprint density at radius 2 is 1.92 bits per heavy atom. The Labute approximate surface area is 152 Å². The molecule has 1 saturated carbocycles. The first-order valence-corrected chi connectivity index (χ1v) is 11.0. The quantitative estimate of drug-likeness (QED) is 0.490. The number of guanidine groups is 1. The van der Waals surface area contributed by atoms with Gasteiger partial charge in [0.25, 0.3) is 0 Å². The van der Waals surface area contributed by atoms with Crippen LogP contribution in [0.5, 0.6) is 0 Å². The highest BCUT2D eigenvalue weighted by Gasteiger charge is 2.37. The lowest BCUT2D eigenvalue weighted by atomic mass is 9.64. The molecule has 0 amide bonds. The van der Waals surface area contributed by atoms with E-state index in [4.69, 9.17) is 4.74 Å². The second-order valence-corrected chi connectivity index (χ2v) is 9.72. The molecule has 2 fully saturated rings. The molecule has 0 aromatic rings. The lowest BCUT2D eigenvalue weighted by Crippen LogP contribution is -2.48. The lowest BCUT2D eigenvalue weighted by Gasteiger charge is -2.43. The second kappa shape index (κ2) is 9.19. The Kier molecular flexibility index (Phi) is 7.51. The van der Waals surface area contributed by atoms with Crippen LogP contribution in [0.1, 0.15) is 39.5 Å². The Morgan fingerprint density at radius 1 is 1.24 bits per heavy atom. The molecule has 8 heteroatoms. The van der Waals surface area contributed by atoms with Crippen LogP contribution in [-0.2, 0) is 14.8 Å². The van der Waals surface area contributed by atoms with Gasteiger partial charge in [-0.05, 0) is 30.6 Å². The fourth-order valence-corrected chi connectivity index (χ4v) is 5.06. The zero-order valence-electron chi connectivity index (χ0n) is 15.9. The van der Waals surface area contributed by atoms with Crippen LogP contribution in [0.3, 0.4) is 0 Å². The van der Waals surface area contributed by atoms with Gasteiger partial charge in [0.1, 0.15) is 0 Å². The van der Waals surface area contributed by atoms with E-state index >= 15 is 0 Å². The average Bonchev–Trinajstić information content (AvgIpc) is 2.55. The number of rotatable bonds is 8. The van der Waals surface area contributed by atoms with E-state index in [9.17, 15) is 8.42 Å². The number of morpholine rings is 1. The summed E-state index contributed by atoms with van der Waals surface area (Å²) in [5.74, 6) is 1.45. The molecule has 1 heterocycles. The first kappa shape index (κ1) is 20.5. The van der Waals surface area contributed by atoms with Crippen LogP contribution in [0, 0.1) is 11.3 Å². The fraction of sp³-hybridized carbons (Fsp3) is 0.941. The normalized spacial score (nSPS) is 21.8. The highest BCUT2D eigenvalue weighted by molar-refractivity contribution is 7.89. The van der Waals surface area contributed by atoms with Crippen molar-refractivity contribution in [3.8, 4) is 0 Å². The van der Waals surface area contributed by atoms with Crippen molar-refractivity contribution >= 4 is 16.0 Å². The van der Waals surface area contributed by atoms with Crippen LogP contribution in [-0.4, -0.2) is 70.9 Å². The van der Waals surface area contributed by atoms with Crippen LogP contribution in [0.2, 0.25) is 0 Å². The third-order valence-electron chi connectivity index (χ3n) is 5.13. The zero-order chi connectivity index (χ0) is 18.3. The molecule has 0 spiro atoms. The van der Waals surface area contributed by atoms with E-state index in [1.165, 1.54) is 30.0 Å². The number of ether oxygens (including phenoxy) is 1. The van der Waals surface area contributed by atoms with Crippen LogP contribution < -0.4 is 10.6 Å². The van der Waals surface area contributed by atoms with E-state index in [1.807, 2.05) is 0 Å². The summed E-state index contributed by atoms with van der Waals surface area (Å²) in [6.07, 6.45) is 5.06. The summed E-state index contributed by atoms with van der Waals surface area (Å²) in [6.45, 7) is 7.66. The lowest BCUT2D eigenvalue weighted by molar-refractivity contribution is 0.0730. The van der Waals surface area contributed by atoms with E-state index in [-0.39, 0.29) is 5.75 Å². The van der Waals surface area contributed by atoms with Crippen LogP contribution in [0.25, 0.3) is 0 Å². The van der Waals surface area contributed by atoms with Gasteiger partial charge in [0.2, 0.25) is 10.0 Å². The van der Waals surface area contributed by atoms with Crippen molar-refractivity contribution in [2.45, 2.75) is 39.5 Å². The minimum absolute atomic E-state index is 0.0742. The Morgan fingerprint density at radius 3 is 2.44 bits per heavy atom. The number of hydrogen-bond acceptors (Lipinski definition) is 4. The SMILES string of the molecule is CN=C(NCCS(=O)(=O)N1CCOCC1)NCC1(CC(C)C)CCC1. The number of sulfonamides is 1. The van der Waals surface area contributed by atoms with E-state index in [2.05, 4.69) is 29.5 Å². The summed E-state index contributed by atoms with van der Waals surface area (Å²) in [5, 5.41) is 6.53. The predicted molar refractivity (Wildman–Crippen MR) is 101 cm³/mol. The fourth-order valence-electron chi connectivity index (χ4n) is 3.74. The maximum absolute atomic E-state index is 12.3. The number of nitrogens with zero attached hydrogens (tertiary/aromatic N) is 2. The molecule has 1 aliphatic carbocycles.